The highest BCUT2D eigenvalue weighted by atomic mass is 31.2. The van der Waals surface area contributed by atoms with E-state index in [1.165, 1.54) is 63.9 Å². The monoisotopic (exact) mass is 1010 g/mol. The van der Waals surface area contributed by atoms with Gasteiger partial charge in [0.15, 0.2) is 12.5 Å². The molecule has 2 aromatic heterocycles. The lowest BCUT2D eigenvalue weighted by Crippen LogP contribution is -2.46. The van der Waals surface area contributed by atoms with Crippen LogP contribution in [0.25, 0.3) is 0 Å². The number of H-pyrrole nitrogens is 2. The number of hydrogen-bond donors (Lipinski definition) is 4. The molecule has 4 aromatic rings. The Labute approximate surface area is 390 Å². The first kappa shape index (κ1) is 53.8. The number of benzene rings is 2. The lowest BCUT2D eigenvalue weighted by Gasteiger charge is -2.29. The molecule has 4 heterocycles. The Morgan fingerprint density at radius 1 is 0.725 bits per heavy atom. The summed E-state index contributed by atoms with van der Waals surface area (Å²) in [5, 5.41) is 4.99. The quantitative estimate of drug-likeness (QED) is 0.0596. The second-order valence-corrected chi connectivity index (χ2v) is 18.9. The molecule has 0 aliphatic carbocycles. The van der Waals surface area contributed by atoms with Crippen LogP contribution in [0.1, 0.15) is 49.9 Å². The van der Waals surface area contributed by atoms with Gasteiger partial charge in [0.2, 0.25) is 0 Å². The molecule has 22 nitrogen and oxygen atoms in total. The molecule has 27 heteroatoms. The van der Waals surface area contributed by atoms with Crippen molar-refractivity contribution in [3.63, 3.8) is 0 Å². The molecule has 6 rings (SSSR count). The first-order valence-electron chi connectivity index (χ1n) is 20.5. The van der Waals surface area contributed by atoms with E-state index < -0.39 is 97.9 Å². The van der Waals surface area contributed by atoms with Crippen molar-refractivity contribution in [1.29, 1.82) is 0 Å². The predicted octanol–water partition coefficient (Wildman–Crippen LogP) is 4.72. The Morgan fingerprint density at radius 3 is 1.65 bits per heavy atom. The summed E-state index contributed by atoms with van der Waals surface area (Å²) in [5.41, 5.74) is -4.03. The first-order valence-corrected chi connectivity index (χ1v) is 23.6. The Balaban J connectivity index is 0.000000258. The molecule has 374 valence electrons. The van der Waals surface area contributed by atoms with Crippen molar-refractivity contribution >= 4 is 27.4 Å². The molecular formula is C42H49F3N6O16P2. The van der Waals surface area contributed by atoms with Crippen LogP contribution in [0, 0.1) is 13.8 Å². The summed E-state index contributed by atoms with van der Waals surface area (Å²) in [4.78, 5) is 75.6. The third-order valence-electron chi connectivity index (χ3n) is 9.66. The lowest BCUT2D eigenvalue weighted by molar-refractivity contribution is -0.146. The fourth-order valence-electron chi connectivity index (χ4n) is 6.12. The van der Waals surface area contributed by atoms with E-state index in [9.17, 15) is 51.1 Å². The Morgan fingerprint density at radius 2 is 1.19 bits per heavy atom. The summed E-state index contributed by atoms with van der Waals surface area (Å²) in [7, 11) is -6.10. The first-order chi connectivity index (χ1) is 32.3. The van der Waals surface area contributed by atoms with Crippen LogP contribution in [-0.4, -0.2) is 82.3 Å². The van der Waals surface area contributed by atoms with Gasteiger partial charge in [0.1, 0.15) is 35.3 Å². The summed E-state index contributed by atoms with van der Waals surface area (Å²) in [6.45, 7) is 6.77. The molecule has 2 aliphatic rings. The number of aryl methyl sites for hydroxylation is 2. The fourth-order valence-corrected chi connectivity index (χ4v) is 9.31. The van der Waals surface area contributed by atoms with E-state index in [0.29, 0.717) is 5.56 Å². The molecule has 69 heavy (non-hydrogen) atoms. The van der Waals surface area contributed by atoms with Gasteiger partial charge >= 0.3 is 45.0 Å². The number of nitrogens with zero attached hydrogens (tertiary/aromatic N) is 2. The number of rotatable bonds is 18. The van der Waals surface area contributed by atoms with Crippen LogP contribution < -0.4 is 41.7 Å². The van der Waals surface area contributed by atoms with Crippen LogP contribution >= 0.6 is 15.5 Å². The van der Waals surface area contributed by atoms with Crippen molar-refractivity contribution in [3.05, 3.63) is 150 Å². The number of aromatic nitrogens is 4. The minimum atomic E-state index is -4.58. The molecule has 0 bridgehead atoms. The average Bonchev–Trinajstić information content (AvgIpc) is 3.97. The van der Waals surface area contributed by atoms with Gasteiger partial charge in [-0.15, -0.1) is 0 Å². The minimum Gasteiger partial charge on any atom is -0.468 e. The molecule has 0 fully saturated rings. The van der Waals surface area contributed by atoms with E-state index in [1.807, 2.05) is 0 Å². The Bertz CT molecular complexity index is 2870. The summed E-state index contributed by atoms with van der Waals surface area (Å²) in [5.74, 6) is -1.40. The molecule has 2 aliphatic heterocycles. The number of esters is 2. The van der Waals surface area contributed by atoms with Crippen molar-refractivity contribution in [1.82, 2.24) is 29.3 Å². The van der Waals surface area contributed by atoms with E-state index in [4.69, 9.17) is 32.3 Å². The largest absolute Gasteiger partial charge is 0.468 e. The third-order valence-corrected chi connectivity index (χ3v) is 13.1. The maximum atomic E-state index is 13.5. The van der Waals surface area contributed by atoms with Crippen LogP contribution in [0.15, 0.2) is 110 Å². The van der Waals surface area contributed by atoms with E-state index in [2.05, 4.69) is 24.9 Å². The van der Waals surface area contributed by atoms with Crippen LogP contribution in [0.2, 0.25) is 0 Å². The van der Waals surface area contributed by atoms with E-state index in [1.54, 1.807) is 49.4 Å². The smallest absolute Gasteiger partial charge is 0.459 e. The normalized spacial score (nSPS) is 19.9. The standard InChI is InChI=1S/C21H23F3N3O8P.C21H26N3O8P/c1-12-10-27(20(30)25-18(12)28)17-9-8-16(34-17)11-33-36(31,26-13(2)19(29)32-3)35-15-6-4-14(5-7-15)21(22,23)24;1-14-12-24(20(27)22-18(14)25)17-11-10-16(31-17)13-30-33(28,23-21(2,3)19(26)29-4)32-15-8-6-5-7-9-15/h4-10,13,16-17H,11H2,1-3H3,(H,26,31)(H,25,28,30);5-12,16-17H,13H2,1-4H3,(H,23,28)(H,22,25,27). The number of nitrogens with one attached hydrogen (secondary N) is 4. The zero-order chi connectivity index (χ0) is 50.9. The zero-order valence-electron chi connectivity index (χ0n) is 37.9. The van der Waals surface area contributed by atoms with Crippen molar-refractivity contribution in [3.8, 4) is 11.5 Å². The SMILES string of the molecule is COC(=O)C(C)(C)NP(=O)(OCC1C=CC(n2cc(C)c(=O)[nH]c2=O)O1)Oc1ccccc1.COC(=O)C(C)NP(=O)(OCC1C=CC(n2cc(C)c(=O)[nH]c2=O)O1)Oc1ccc(C(F)(F)F)cc1. The van der Waals surface area contributed by atoms with Gasteiger partial charge in [0.05, 0.1) is 33.0 Å². The summed E-state index contributed by atoms with van der Waals surface area (Å²) in [6, 6.07) is 10.6. The van der Waals surface area contributed by atoms with Gasteiger partial charge < -0.3 is 28.0 Å². The number of ether oxygens (including phenoxy) is 4. The topological polar surface area (TPSA) is 276 Å². The highest BCUT2D eigenvalue weighted by molar-refractivity contribution is 7.52. The molecule has 4 N–H and O–H groups in total. The van der Waals surface area contributed by atoms with E-state index in [-0.39, 0.29) is 30.3 Å². The van der Waals surface area contributed by atoms with Crippen molar-refractivity contribution in [2.75, 3.05) is 27.4 Å². The Hall–Kier alpha value is -6.17. The molecule has 0 amide bonds. The molecule has 0 radical (unpaired) electrons. The maximum Gasteiger partial charge on any atom is 0.459 e. The number of methoxy groups -OCH3 is 2. The fraction of sp³-hybridized carbons (Fsp3) is 0.381. The van der Waals surface area contributed by atoms with Crippen LogP contribution in [0.5, 0.6) is 11.5 Å². The molecule has 0 spiro atoms. The van der Waals surface area contributed by atoms with Crippen molar-refractivity contribution in [2.45, 2.75) is 77.0 Å². The molecule has 7 unspecified atom stereocenters. The van der Waals surface area contributed by atoms with Crippen LogP contribution in [0.3, 0.4) is 0 Å². The van der Waals surface area contributed by atoms with Gasteiger partial charge in [0, 0.05) is 23.5 Å². The molecule has 7 atom stereocenters. The summed E-state index contributed by atoms with van der Waals surface area (Å²) < 4.78 is 110. The molecule has 2 aromatic carbocycles. The second-order valence-electron chi connectivity index (χ2n) is 15.6. The van der Waals surface area contributed by atoms with E-state index in [0.717, 1.165) is 35.9 Å². The van der Waals surface area contributed by atoms with Gasteiger partial charge in [-0.25, -0.2) is 18.7 Å². The van der Waals surface area contributed by atoms with Gasteiger partial charge in [-0.2, -0.15) is 23.3 Å². The van der Waals surface area contributed by atoms with Crippen molar-refractivity contribution in [2.24, 2.45) is 0 Å². The number of halogens is 3. The van der Waals surface area contributed by atoms with Gasteiger partial charge in [-0.3, -0.25) is 47.3 Å². The lowest BCUT2D eigenvalue weighted by atomic mass is 10.1. The van der Waals surface area contributed by atoms with E-state index >= 15 is 0 Å². The molecular weight excluding hydrogens is 963 g/mol. The highest BCUT2D eigenvalue weighted by Crippen LogP contribution is 2.48. The van der Waals surface area contributed by atoms with Gasteiger partial charge in [-0.1, -0.05) is 30.4 Å². The van der Waals surface area contributed by atoms with Gasteiger partial charge in [-0.05, 0) is 83.2 Å². The number of alkyl halides is 3. The molecule has 0 saturated heterocycles. The van der Waals surface area contributed by atoms with Crippen LogP contribution in [0.4, 0.5) is 13.2 Å². The van der Waals surface area contributed by atoms with Crippen LogP contribution in [-0.2, 0) is 52.9 Å². The highest BCUT2D eigenvalue weighted by Gasteiger charge is 2.41. The number of hydrogen-bond acceptors (Lipinski definition) is 16. The predicted molar refractivity (Wildman–Crippen MR) is 238 cm³/mol. The summed E-state index contributed by atoms with van der Waals surface area (Å²) >= 11 is 0. The van der Waals surface area contributed by atoms with Crippen molar-refractivity contribution < 1.29 is 68.9 Å². The second kappa shape index (κ2) is 22.5. The summed E-state index contributed by atoms with van der Waals surface area (Å²) in [6.07, 6.45) is 1.24. The number of carbonyl (C=O) groups is 2. The average molecular weight is 1010 g/mol. The minimum absolute atomic E-state index is 0.210. The zero-order valence-corrected chi connectivity index (χ0v) is 39.7. The van der Waals surface area contributed by atoms with Gasteiger partial charge in [0.25, 0.3) is 11.1 Å². The number of aromatic amines is 2. The number of carbonyl (C=O) groups excluding carboxylic acids is 2. The number of para-hydroxylation sites is 1. The third kappa shape index (κ3) is 14.7. The molecule has 0 saturated carbocycles. The Kier molecular flexibility index (Phi) is 17.5. The maximum absolute atomic E-state index is 13.5.